The number of hydrogen-bond donors (Lipinski definition) is 2. The van der Waals surface area contributed by atoms with Crippen molar-refractivity contribution in [1.82, 2.24) is 15.1 Å². The monoisotopic (exact) mass is 305 g/mol. The van der Waals surface area contributed by atoms with Gasteiger partial charge in [-0.1, -0.05) is 30.3 Å². The lowest BCUT2D eigenvalue weighted by atomic mass is 9.96. The van der Waals surface area contributed by atoms with Gasteiger partial charge in [0.2, 0.25) is 0 Å². The van der Waals surface area contributed by atoms with Gasteiger partial charge in [0.15, 0.2) is 0 Å². The molecular formula is C19H19N3O. The summed E-state index contributed by atoms with van der Waals surface area (Å²) in [7, 11) is 0. The van der Waals surface area contributed by atoms with E-state index in [2.05, 4.69) is 22.5 Å². The second kappa shape index (κ2) is 5.89. The molecule has 0 saturated carbocycles. The summed E-state index contributed by atoms with van der Waals surface area (Å²) in [4.78, 5) is 0. The van der Waals surface area contributed by atoms with Gasteiger partial charge in [0.05, 0.1) is 17.6 Å². The van der Waals surface area contributed by atoms with Crippen LogP contribution in [0.15, 0.2) is 60.8 Å². The molecular weight excluding hydrogens is 286 g/mol. The zero-order valence-corrected chi connectivity index (χ0v) is 12.8. The molecule has 2 N–H and O–H groups in total. The molecule has 1 aliphatic heterocycles. The Balaban J connectivity index is 1.88. The van der Waals surface area contributed by atoms with Gasteiger partial charge in [-0.2, -0.15) is 5.10 Å². The smallest absolute Gasteiger partial charge is 0.116 e. The number of nitrogens with zero attached hydrogens (tertiary/aromatic N) is 2. The van der Waals surface area contributed by atoms with E-state index in [1.54, 1.807) is 12.1 Å². The molecule has 1 unspecified atom stereocenters. The maximum absolute atomic E-state index is 9.81. The summed E-state index contributed by atoms with van der Waals surface area (Å²) < 4.78 is 2.04. The lowest BCUT2D eigenvalue weighted by molar-refractivity contribution is 0.475. The van der Waals surface area contributed by atoms with Crippen LogP contribution >= 0.6 is 0 Å². The molecule has 1 aliphatic rings. The number of aromatic nitrogens is 2. The minimum Gasteiger partial charge on any atom is -0.508 e. The number of aromatic hydroxyl groups is 1. The van der Waals surface area contributed by atoms with Crippen LogP contribution in [0.25, 0.3) is 16.8 Å². The van der Waals surface area contributed by atoms with Crippen LogP contribution in [-0.4, -0.2) is 28.0 Å². The summed E-state index contributed by atoms with van der Waals surface area (Å²) in [5.41, 5.74) is 4.39. The molecule has 0 radical (unpaired) electrons. The van der Waals surface area contributed by atoms with Gasteiger partial charge < -0.3 is 10.4 Å². The normalized spacial score (nSPS) is 17.5. The zero-order valence-electron chi connectivity index (χ0n) is 12.8. The molecule has 1 atom stereocenters. The Morgan fingerprint density at radius 3 is 2.70 bits per heavy atom. The fraction of sp³-hybridized carbons (Fsp3) is 0.211. The molecule has 23 heavy (non-hydrogen) atoms. The van der Waals surface area contributed by atoms with Crippen molar-refractivity contribution in [3.05, 3.63) is 66.5 Å². The third kappa shape index (κ3) is 2.62. The van der Waals surface area contributed by atoms with Crippen molar-refractivity contribution in [3.63, 3.8) is 0 Å². The molecule has 4 nitrogen and oxygen atoms in total. The molecule has 116 valence electrons. The first kappa shape index (κ1) is 14.0. The highest BCUT2D eigenvalue weighted by atomic mass is 16.3. The van der Waals surface area contributed by atoms with Crippen molar-refractivity contribution < 1.29 is 5.11 Å². The van der Waals surface area contributed by atoms with E-state index in [0.29, 0.717) is 5.92 Å². The van der Waals surface area contributed by atoms with Crippen LogP contribution in [0.2, 0.25) is 0 Å². The van der Waals surface area contributed by atoms with Gasteiger partial charge in [-0.05, 0) is 42.8 Å². The highest BCUT2D eigenvalue weighted by Gasteiger charge is 2.25. The fourth-order valence-corrected chi connectivity index (χ4v) is 3.31. The first-order chi connectivity index (χ1) is 11.3. The van der Waals surface area contributed by atoms with Gasteiger partial charge in [0, 0.05) is 18.0 Å². The van der Waals surface area contributed by atoms with Crippen LogP contribution in [0.5, 0.6) is 5.75 Å². The number of benzene rings is 2. The van der Waals surface area contributed by atoms with Gasteiger partial charge in [0.25, 0.3) is 0 Å². The predicted octanol–water partition coefficient (Wildman–Crippen LogP) is 3.32. The molecule has 0 amide bonds. The molecule has 3 aromatic rings. The molecule has 2 aromatic carbocycles. The third-order valence-corrected chi connectivity index (χ3v) is 4.41. The van der Waals surface area contributed by atoms with Gasteiger partial charge in [-0.15, -0.1) is 0 Å². The number of phenols is 1. The molecule has 0 bridgehead atoms. The van der Waals surface area contributed by atoms with Gasteiger partial charge in [-0.25, -0.2) is 4.68 Å². The van der Waals surface area contributed by atoms with Crippen molar-refractivity contribution >= 4 is 0 Å². The Hall–Kier alpha value is -2.59. The molecule has 4 heteroatoms. The summed E-state index contributed by atoms with van der Waals surface area (Å²) in [5, 5.41) is 17.9. The summed E-state index contributed by atoms with van der Waals surface area (Å²) in [6.45, 7) is 1.99. The van der Waals surface area contributed by atoms with Crippen LogP contribution in [0.1, 0.15) is 18.0 Å². The Kier molecular flexibility index (Phi) is 3.60. The van der Waals surface area contributed by atoms with E-state index in [1.165, 1.54) is 5.69 Å². The average Bonchev–Trinajstić information content (AvgIpc) is 3.25. The number of nitrogens with one attached hydrogen (secondary N) is 1. The first-order valence-electron chi connectivity index (χ1n) is 7.96. The van der Waals surface area contributed by atoms with E-state index in [9.17, 15) is 5.11 Å². The third-order valence-electron chi connectivity index (χ3n) is 4.41. The Morgan fingerprint density at radius 1 is 1.09 bits per heavy atom. The van der Waals surface area contributed by atoms with E-state index in [4.69, 9.17) is 0 Å². The maximum Gasteiger partial charge on any atom is 0.116 e. The van der Waals surface area contributed by atoms with E-state index in [1.807, 2.05) is 41.2 Å². The fourth-order valence-electron chi connectivity index (χ4n) is 3.31. The molecule has 1 aromatic heterocycles. The van der Waals surface area contributed by atoms with E-state index in [0.717, 1.165) is 36.3 Å². The largest absolute Gasteiger partial charge is 0.508 e. The van der Waals surface area contributed by atoms with Crippen LogP contribution in [0.4, 0.5) is 0 Å². The lowest BCUT2D eigenvalue weighted by Gasteiger charge is -2.15. The van der Waals surface area contributed by atoms with E-state index in [-0.39, 0.29) is 5.75 Å². The summed E-state index contributed by atoms with van der Waals surface area (Å²) in [6, 6.07) is 17.6. The zero-order chi connectivity index (χ0) is 15.6. The highest BCUT2D eigenvalue weighted by molar-refractivity contribution is 5.68. The van der Waals surface area contributed by atoms with Crippen molar-refractivity contribution in [3.8, 4) is 22.6 Å². The summed E-state index contributed by atoms with van der Waals surface area (Å²) in [6.07, 6.45) is 3.01. The predicted molar refractivity (Wildman–Crippen MR) is 90.9 cm³/mol. The first-order valence-corrected chi connectivity index (χ1v) is 7.96. The minimum atomic E-state index is 0.283. The minimum absolute atomic E-state index is 0.283. The van der Waals surface area contributed by atoms with Crippen molar-refractivity contribution in [2.24, 2.45) is 0 Å². The molecule has 0 aliphatic carbocycles. The SMILES string of the molecule is Oc1cccc(-c2cnn(-c3ccccc3)c2C2CCNC2)c1. The number of phenolic OH excluding ortho intramolecular Hbond substituents is 1. The maximum atomic E-state index is 9.81. The molecule has 1 fully saturated rings. The Morgan fingerprint density at radius 2 is 1.96 bits per heavy atom. The topological polar surface area (TPSA) is 50.1 Å². The Bertz CT molecular complexity index is 804. The van der Waals surface area contributed by atoms with Crippen molar-refractivity contribution in [2.75, 3.05) is 13.1 Å². The van der Waals surface area contributed by atoms with Crippen LogP contribution in [0.3, 0.4) is 0 Å². The van der Waals surface area contributed by atoms with Crippen LogP contribution < -0.4 is 5.32 Å². The molecule has 4 rings (SSSR count). The molecule has 1 saturated heterocycles. The Labute approximate surface area is 135 Å². The highest BCUT2D eigenvalue weighted by Crippen LogP contribution is 2.35. The van der Waals surface area contributed by atoms with Crippen LogP contribution in [-0.2, 0) is 0 Å². The average molecular weight is 305 g/mol. The second-order valence-corrected chi connectivity index (χ2v) is 5.93. The standard InChI is InChI=1S/C19H19N3O/c23-17-8-4-5-14(11-17)18-13-21-22(16-6-2-1-3-7-16)19(18)15-9-10-20-12-15/h1-8,11,13,15,20,23H,9-10,12H2. The lowest BCUT2D eigenvalue weighted by Crippen LogP contribution is -2.12. The number of hydrogen-bond acceptors (Lipinski definition) is 3. The van der Waals surface area contributed by atoms with Crippen molar-refractivity contribution in [1.29, 1.82) is 0 Å². The molecule has 0 spiro atoms. The van der Waals surface area contributed by atoms with Gasteiger partial charge in [-0.3, -0.25) is 0 Å². The van der Waals surface area contributed by atoms with E-state index >= 15 is 0 Å². The number of para-hydroxylation sites is 1. The number of rotatable bonds is 3. The van der Waals surface area contributed by atoms with Gasteiger partial charge in [0.1, 0.15) is 5.75 Å². The van der Waals surface area contributed by atoms with Gasteiger partial charge >= 0.3 is 0 Å². The van der Waals surface area contributed by atoms with Crippen LogP contribution in [0, 0.1) is 0 Å². The summed E-state index contributed by atoms with van der Waals surface area (Å²) in [5.74, 6) is 0.709. The second-order valence-electron chi connectivity index (χ2n) is 5.93. The quantitative estimate of drug-likeness (QED) is 0.780. The van der Waals surface area contributed by atoms with E-state index < -0.39 is 0 Å². The summed E-state index contributed by atoms with van der Waals surface area (Å²) >= 11 is 0. The van der Waals surface area contributed by atoms with Crippen molar-refractivity contribution in [2.45, 2.75) is 12.3 Å². The molecule has 2 heterocycles.